The van der Waals surface area contributed by atoms with Gasteiger partial charge in [0.1, 0.15) is 11.5 Å². The summed E-state index contributed by atoms with van der Waals surface area (Å²) in [5.74, 6) is 0.411. The van der Waals surface area contributed by atoms with Gasteiger partial charge in [0.25, 0.3) is 0 Å². The van der Waals surface area contributed by atoms with E-state index in [1.54, 1.807) is 6.07 Å². The Kier molecular flexibility index (Phi) is 2.56. The quantitative estimate of drug-likeness (QED) is 0.486. The van der Waals surface area contributed by atoms with Crippen LogP contribution in [0.4, 0.5) is 0 Å². The van der Waals surface area contributed by atoms with Crippen LogP contribution >= 0.6 is 0 Å². The molecule has 1 aliphatic rings. The molecule has 1 fully saturated rings. The first-order valence-electron chi connectivity index (χ1n) is 4.73. The lowest BCUT2D eigenvalue weighted by Crippen LogP contribution is -2.42. The zero-order chi connectivity index (χ0) is 9.97. The predicted molar refractivity (Wildman–Crippen MR) is 53.4 cm³/mol. The third-order valence-corrected chi connectivity index (χ3v) is 2.43. The van der Waals surface area contributed by atoms with E-state index in [1.807, 2.05) is 0 Å². The van der Waals surface area contributed by atoms with Crippen LogP contribution in [0.5, 0.6) is 11.5 Å². The molecule has 0 bridgehead atoms. The van der Waals surface area contributed by atoms with E-state index in [2.05, 4.69) is 10.6 Å². The molecule has 4 N–H and O–H groups in total. The van der Waals surface area contributed by atoms with Crippen LogP contribution in [0, 0.1) is 0 Å². The van der Waals surface area contributed by atoms with Crippen LogP contribution in [-0.2, 0) is 0 Å². The van der Waals surface area contributed by atoms with Gasteiger partial charge in [0.05, 0.1) is 0 Å². The van der Waals surface area contributed by atoms with E-state index in [0.29, 0.717) is 0 Å². The van der Waals surface area contributed by atoms with E-state index in [-0.39, 0.29) is 17.5 Å². The fourth-order valence-electron chi connectivity index (χ4n) is 1.69. The van der Waals surface area contributed by atoms with Crippen LogP contribution in [0.25, 0.3) is 0 Å². The highest BCUT2D eigenvalue weighted by molar-refractivity contribution is 5.41. The van der Waals surface area contributed by atoms with Gasteiger partial charge in [-0.25, -0.2) is 0 Å². The maximum atomic E-state index is 9.61. The lowest BCUT2D eigenvalue weighted by Gasteiger charge is -2.25. The van der Waals surface area contributed by atoms with Crippen molar-refractivity contribution in [3.63, 3.8) is 0 Å². The SMILES string of the molecule is Oc1ccc(O)c([C@@H]2CNCCN2)c1. The van der Waals surface area contributed by atoms with Crippen molar-refractivity contribution < 1.29 is 10.2 Å². The molecule has 4 nitrogen and oxygen atoms in total. The van der Waals surface area contributed by atoms with Crippen LogP contribution in [0.15, 0.2) is 18.2 Å². The largest absolute Gasteiger partial charge is 0.508 e. The molecular formula is C10H14N2O2. The fourth-order valence-corrected chi connectivity index (χ4v) is 1.69. The molecule has 0 aliphatic carbocycles. The summed E-state index contributed by atoms with van der Waals surface area (Å²) in [4.78, 5) is 0. The average Bonchev–Trinajstić information content (AvgIpc) is 2.23. The minimum absolute atomic E-state index is 0.0795. The maximum Gasteiger partial charge on any atom is 0.120 e. The van der Waals surface area contributed by atoms with Crippen molar-refractivity contribution in [3.05, 3.63) is 23.8 Å². The Labute approximate surface area is 82.6 Å². The van der Waals surface area contributed by atoms with Crippen molar-refractivity contribution in [3.8, 4) is 11.5 Å². The van der Waals surface area contributed by atoms with Crippen LogP contribution < -0.4 is 10.6 Å². The molecule has 2 rings (SSSR count). The number of rotatable bonds is 1. The van der Waals surface area contributed by atoms with E-state index in [1.165, 1.54) is 12.1 Å². The topological polar surface area (TPSA) is 64.5 Å². The van der Waals surface area contributed by atoms with Crippen molar-refractivity contribution in [2.45, 2.75) is 6.04 Å². The number of phenols is 2. The van der Waals surface area contributed by atoms with Crippen molar-refractivity contribution >= 4 is 0 Å². The molecule has 0 aromatic heterocycles. The molecule has 1 aromatic rings. The van der Waals surface area contributed by atoms with Crippen LogP contribution in [0.3, 0.4) is 0 Å². The molecule has 0 saturated carbocycles. The molecule has 4 heteroatoms. The Morgan fingerprint density at radius 3 is 2.79 bits per heavy atom. The monoisotopic (exact) mass is 194 g/mol. The number of nitrogens with one attached hydrogen (secondary N) is 2. The predicted octanol–water partition coefficient (Wildman–Crippen LogP) is 0.332. The molecule has 0 unspecified atom stereocenters. The van der Waals surface area contributed by atoms with Crippen LogP contribution in [-0.4, -0.2) is 29.8 Å². The lowest BCUT2D eigenvalue weighted by molar-refractivity contribution is 0.400. The Bertz CT molecular complexity index is 322. The summed E-state index contributed by atoms with van der Waals surface area (Å²) in [5.41, 5.74) is 0.747. The maximum absolute atomic E-state index is 9.61. The first kappa shape index (κ1) is 9.30. The Balaban J connectivity index is 2.24. The molecule has 0 amide bonds. The lowest BCUT2D eigenvalue weighted by atomic mass is 10.0. The Hall–Kier alpha value is -1.26. The molecule has 0 spiro atoms. The van der Waals surface area contributed by atoms with Gasteiger partial charge in [0, 0.05) is 31.2 Å². The van der Waals surface area contributed by atoms with E-state index in [4.69, 9.17) is 0 Å². The van der Waals surface area contributed by atoms with Crippen molar-refractivity contribution in [2.75, 3.05) is 19.6 Å². The minimum atomic E-state index is 0.0795. The first-order valence-corrected chi connectivity index (χ1v) is 4.73. The number of benzene rings is 1. The molecular weight excluding hydrogens is 180 g/mol. The second kappa shape index (κ2) is 3.86. The second-order valence-corrected chi connectivity index (χ2v) is 3.45. The van der Waals surface area contributed by atoms with Gasteiger partial charge >= 0.3 is 0 Å². The number of piperazine rings is 1. The summed E-state index contributed by atoms with van der Waals surface area (Å²) in [7, 11) is 0. The van der Waals surface area contributed by atoms with E-state index < -0.39 is 0 Å². The molecule has 1 aromatic carbocycles. The smallest absolute Gasteiger partial charge is 0.120 e. The van der Waals surface area contributed by atoms with Gasteiger partial charge in [-0.2, -0.15) is 0 Å². The summed E-state index contributed by atoms with van der Waals surface area (Å²) in [6, 6.07) is 4.67. The number of hydrogen-bond acceptors (Lipinski definition) is 4. The molecule has 1 heterocycles. The second-order valence-electron chi connectivity index (χ2n) is 3.45. The summed E-state index contributed by atoms with van der Waals surface area (Å²) < 4.78 is 0. The highest BCUT2D eigenvalue weighted by atomic mass is 16.3. The third kappa shape index (κ3) is 1.81. The molecule has 0 radical (unpaired) electrons. The van der Waals surface area contributed by atoms with Gasteiger partial charge in [-0.1, -0.05) is 0 Å². The van der Waals surface area contributed by atoms with Gasteiger partial charge in [-0.15, -0.1) is 0 Å². The summed E-state index contributed by atoms with van der Waals surface area (Å²) >= 11 is 0. The summed E-state index contributed by atoms with van der Waals surface area (Å²) in [6.45, 7) is 2.59. The van der Waals surface area contributed by atoms with E-state index in [0.717, 1.165) is 25.2 Å². The first-order chi connectivity index (χ1) is 6.77. The van der Waals surface area contributed by atoms with Crippen LogP contribution in [0.2, 0.25) is 0 Å². The summed E-state index contributed by atoms with van der Waals surface area (Å²) in [6.07, 6.45) is 0. The minimum Gasteiger partial charge on any atom is -0.508 e. The molecule has 1 aliphatic heterocycles. The molecule has 14 heavy (non-hydrogen) atoms. The van der Waals surface area contributed by atoms with Gasteiger partial charge in [0.15, 0.2) is 0 Å². The van der Waals surface area contributed by atoms with Gasteiger partial charge in [-0.3, -0.25) is 0 Å². The van der Waals surface area contributed by atoms with Gasteiger partial charge in [0.2, 0.25) is 0 Å². The molecule has 1 saturated heterocycles. The zero-order valence-electron chi connectivity index (χ0n) is 7.83. The summed E-state index contributed by atoms with van der Waals surface area (Å²) in [5, 5.41) is 25.4. The number of phenolic OH excluding ortho intramolecular Hbond substituents is 2. The van der Waals surface area contributed by atoms with Crippen molar-refractivity contribution in [1.29, 1.82) is 0 Å². The Morgan fingerprint density at radius 2 is 2.07 bits per heavy atom. The molecule has 1 atom stereocenters. The highest BCUT2D eigenvalue weighted by Gasteiger charge is 2.17. The molecule has 76 valence electrons. The normalized spacial score (nSPS) is 22.1. The number of hydrogen-bond donors (Lipinski definition) is 4. The Morgan fingerprint density at radius 1 is 1.21 bits per heavy atom. The standard InChI is InChI=1S/C10H14N2O2/c13-7-1-2-10(14)8(5-7)9-6-11-3-4-12-9/h1-2,5,9,11-14H,3-4,6H2/t9-/m0/s1. The highest BCUT2D eigenvalue weighted by Crippen LogP contribution is 2.28. The zero-order valence-corrected chi connectivity index (χ0v) is 7.83. The van der Waals surface area contributed by atoms with Crippen molar-refractivity contribution in [2.24, 2.45) is 0 Å². The fraction of sp³-hybridized carbons (Fsp3) is 0.400. The third-order valence-electron chi connectivity index (χ3n) is 2.43. The number of aromatic hydroxyl groups is 2. The van der Waals surface area contributed by atoms with E-state index in [9.17, 15) is 10.2 Å². The van der Waals surface area contributed by atoms with E-state index >= 15 is 0 Å². The van der Waals surface area contributed by atoms with Gasteiger partial charge < -0.3 is 20.8 Å². The van der Waals surface area contributed by atoms with Gasteiger partial charge in [-0.05, 0) is 18.2 Å². The van der Waals surface area contributed by atoms with Crippen LogP contribution in [0.1, 0.15) is 11.6 Å². The average molecular weight is 194 g/mol. The van der Waals surface area contributed by atoms with Crippen molar-refractivity contribution in [1.82, 2.24) is 10.6 Å².